The van der Waals surface area contributed by atoms with Crippen molar-refractivity contribution < 1.29 is 4.79 Å². The molecule has 3 N–H and O–H groups in total. The van der Waals surface area contributed by atoms with Crippen LogP contribution in [0.4, 0.5) is 0 Å². The maximum Gasteiger partial charge on any atom is 0.251 e. The lowest BCUT2D eigenvalue weighted by molar-refractivity contribution is 0.0951. The summed E-state index contributed by atoms with van der Waals surface area (Å²) in [5.74, 6) is -0.0672. The predicted molar refractivity (Wildman–Crippen MR) is 71.9 cm³/mol. The van der Waals surface area contributed by atoms with Gasteiger partial charge in [-0.1, -0.05) is 42.5 Å². The second kappa shape index (κ2) is 5.98. The summed E-state index contributed by atoms with van der Waals surface area (Å²) in [4.78, 5) is 11.9. The largest absolute Gasteiger partial charge is 0.348 e. The van der Waals surface area contributed by atoms with Crippen LogP contribution >= 0.6 is 0 Å². The molecule has 0 aliphatic rings. The van der Waals surface area contributed by atoms with Crippen molar-refractivity contribution in [2.45, 2.75) is 13.1 Å². The van der Waals surface area contributed by atoms with Crippen LogP contribution in [0.5, 0.6) is 0 Å². The van der Waals surface area contributed by atoms with Gasteiger partial charge in [0.15, 0.2) is 0 Å². The molecule has 0 aromatic heterocycles. The van der Waals surface area contributed by atoms with E-state index < -0.39 is 0 Å². The number of carbonyl (C=O) groups is 1. The Labute approximate surface area is 107 Å². The van der Waals surface area contributed by atoms with Crippen LogP contribution in [0.1, 0.15) is 21.5 Å². The maximum atomic E-state index is 11.9. The Morgan fingerprint density at radius 2 is 1.56 bits per heavy atom. The van der Waals surface area contributed by atoms with Gasteiger partial charge in [0.25, 0.3) is 5.91 Å². The fourth-order valence-corrected chi connectivity index (χ4v) is 1.80. The molecule has 0 unspecified atom stereocenters. The monoisotopic (exact) mass is 240 g/mol. The summed E-state index contributed by atoms with van der Waals surface area (Å²) in [5.41, 5.74) is 8.45. The molecule has 0 aliphatic carbocycles. The molecule has 2 aromatic rings. The van der Waals surface area contributed by atoms with Crippen LogP contribution in [0.2, 0.25) is 0 Å². The van der Waals surface area contributed by atoms with E-state index >= 15 is 0 Å². The van der Waals surface area contributed by atoms with Crippen LogP contribution < -0.4 is 11.1 Å². The van der Waals surface area contributed by atoms with E-state index in [2.05, 4.69) is 5.32 Å². The van der Waals surface area contributed by atoms with Crippen molar-refractivity contribution in [1.82, 2.24) is 5.32 Å². The van der Waals surface area contributed by atoms with Crippen molar-refractivity contribution in [1.29, 1.82) is 0 Å². The lowest BCUT2D eigenvalue weighted by atomic mass is 10.1. The van der Waals surface area contributed by atoms with Crippen LogP contribution in [0.15, 0.2) is 54.6 Å². The maximum absolute atomic E-state index is 11.9. The van der Waals surface area contributed by atoms with E-state index in [0.29, 0.717) is 18.7 Å². The molecule has 2 aromatic carbocycles. The summed E-state index contributed by atoms with van der Waals surface area (Å²) in [5, 5.41) is 2.90. The first kappa shape index (κ1) is 12.3. The number of benzene rings is 2. The topological polar surface area (TPSA) is 55.1 Å². The van der Waals surface area contributed by atoms with Gasteiger partial charge in [-0.15, -0.1) is 0 Å². The van der Waals surface area contributed by atoms with Crippen molar-refractivity contribution in [3.63, 3.8) is 0 Å². The van der Waals surface area contributed by atoms with E-state index in [4.69, 9.17) is 5.73 Å². The van der Waals surface area contributed by atoms with Crippen LogP contribution in [-0.4, -0.2) is 5.91 Å². The zero-order valence-corrected chi connectivity index (χ0v) is 10.1. The lowest BCUT2D eigenvalue weighted by Crippen LogP contribution is -2.23. The van der Waals surface area contributed by atoms with E-state index in [1.54, 1.807) is 12.1 Å². The first-order valence-electron chi connectivity index (χ1n) is 5.91. The molecule has 0 radical (unpaired) electrons. The Bertz CT molecular complexity index is 523. The van der Waals surface area contributed by atoms with Gasteiger partial charge in [-0.3, -0.25) is 4.79 Å². The van der Waals surface area contributed by atoms with Gasteiger partial charge in [0.1, 0.15) is 0 Å². The molecule has 0 fully saturated rings. The number of amides is 1. The molecule has 18 heavy (non-hydrogen) atoms. The zero-order valence-electron chi connectivity index (χ0n) is 10.1. The SMILES string of the molecule is NCc1ccccc1CNC(=O)c1ccccc1. The molecule has 92 valence electrons. The second-order valence-electron chi connectivity index (χ2n) is 4.02. The van der Waals surface area contributed by atoms with Crippen molar-refractivity contribution >= 4 is 5.91 Å². The zero-order chi connectivity index (χ0) is 12.8. The number of carbonyl (C=O) groups excluding carboxylic acids is 1. The highest BCUT2D eigenvalue weighted by molar-refractivity contribution is 5.94. The minimum absolute atomic E-state index is 0.0672. The van der Waals surface area contributed by atoms with E-state index in [9.17, 15) is 4.79 Å². The molecule has 0 atom stereocenters. The molecule has 0 heterocycles. The fraction of sp³-hybridized carbons (Fsp3) is 0.133. The smallest absolute Gasteiger partial charge is 0.251 e. The highest BCUT2D eigenvalue weighted by atomic mass is 16.1. The summed E-state index contributed by atoms with van der Waals surface area (Å²) < 4.78 is 0. The molecular weight excluding hydrogens is 224 g/mol. The molecular formula is C15H16N2O. The molecule has 3 heteroatoms. The standard InChI is InChI=1S/C15H16N2O/c16-10-13-8-4-5-9-14(13)11-17-15(18)12-6-2-1-3-7-12/h1-9H,10-11,16H2,(H,17,18). The Kier molecular flexibility index (Phi) is 4.10. The van der Waals surface area contributed by atoms with Crippen LogP contribution in [0.3, 0.4) is 0 Å². The average molecular weight is 240 g/mol. The molecule has 2 rings (SSSR count). The molecule has 1 amide bonds. The van der Waals surface area contributed by atoms with Crippen LogP contribution in [-0.2, 0) is 13.1 Å². The average Bonchev–Trinajstić information content (AvgIpc) is 2.46. The van der Waals surface area contributed by atoms with Gasteiger partial charge >= 0.3 is 0 Å². The van der Waals surface area contributed by atoms with Crippen molar-refractivity contribution in [3.8, 4) is 0 Å². The summed E-state index contributed by atoms with van der Waals surface area (Å²) >= 11 is 0. The van der Waals surface area contributed by atoms with Gasteiger partial charge in [-0.2, -0.15) is 0 Å². The molecule has 0 bridgehead atoms. The third-order valence-electron chi connectivity index (χ3n) is 2.81. The first-order valence-corrected chi connectivity index (χ1v) is 5.91. The molecule has 0 saturated carbocycles. The number of hydrogen-bond donors (Lipinski definition) is 2. The summed E-state index contributed by atoms with van der Waals surface area (Å²) in [6.07, 6.45) is 0. The van der Waals surface area contributed by atoms with Gasteiger partial charge in [0.2, 0.25) is 0 Å². The van der Waals surface area contributed by atoms with Crippen molar-refractivity contribution in [2.75, 3.05) is 0 Å². The summed E-state index contributed by atoms with van der Waals surface area (Å²) in [7, 11) is 0. The van der Waals surface area contributed by atoms with E-state index in [-0.39, 0.29) is 5.91 Å². The number of nitrogens with one attached hydrogen (secondary N) is 1. The lowest BCUT2D eigenvalue weighted by Gasteiger charge is -2.09. The highest BCUT2D eigenvalue weighted by Gasteiger charge is 2.05. The molecule has 3 nitrogen and oxygen atoms in total. The fourth-order valence-electron chi connectivity index (χ4n) is 1.80. The molecule has 0 aliphatic heterocycles. The molecule has 0 saturated heterocycles. The third-order valence-corrected chi connectivity index (χ3v) is 2.81. The molecule has 0 spiro atoms. The Hall–Kier alpha value is -2.13. The van der Waals surface area contributed by atoms with Gasteiger partial charge < -0.3 is 11.1 Å². The third kappa shape index (κ3) is 2.96. The number of nitrogens with two attached hydrogens (primary N) is 1. The minimum Gasteiger partial charge on any atom is -0.348 e. The normalized spacial score (nSPS) is 10.1. The van der Waals surface area contributed by atoms with Gasteiger partial charge in [-0.25, -0.2) is 0 Å². The Morgan fingerprint density at radius 1 is 0.944 bits per heavy atom. The van der Waals surface area contributed by atoms with Gasteiger partial charge in [-0.05, 0) is 23.3 Å². The van der Waals surface area contributed by atoms with Crippen LogP contribution in [0.25, 0.3) is 0 Å². The number of rotatable bonds is 4. The highest BCUT2D eigenvalue weighted by Crippen LogP contribution is 2.08. The van der Waals surface area contributed by atoms with Crippen LogP contribution in [0, 0.1) is 0 Å². The predicted octanol–water partition coefficient (Wildman–Crippen LogP) is 2.08. The summed E-state index contributed by atoms with van der Waals surface area (Å²) in [6.45, 7) is 0.985. The summed E-state index contributed by atoms with van der Waals surface area (Å²) in [6, 6.07) is 17.0. The first-order chi connectivity index (χ1) is 8.81. The Morgan fingerprint density at radius 3 is 2.22 bits per heavy atom. The van der Waals surface area contributed by atoms with Gasteiger partial charge in [0, 0.05) is 18.7 Å². The second-order valence-corrected chi connectivity index (χ2v) is 4.02. The van der Waals surface area contributed by atoms with E-state index in [1.165, 1.54) is 0 Å². The minimum atomic E-state index is -0.0672. The quantitative estimate of drug-likeness (QED) is 0.859. The van der Waals surface area contributed by atoms with Crippen molar-refractivity contribution in [2.24, 2.45) is 5.73 Å². The van der Waals surface area contributed by atoms with E-state index in [1.807, 2.05) is 42.5 Å². The number of hydrogen-bond acceptors (Lipinski definition) is 2. The van der Waals surface area contributed by atoms with Crippen molar-refractivity contribution in [3.05, 3.63) is 71.3 Å². The Balaban J connectivity index is 2.02. The van der Waals surface area contributed by atoms with E-state index in [0.717, 1.165) is 11.1 Å². The van der Waals surface area contributed by atoms with Gasteiger partial charge in [0.05, 0.1) is 0 Å².